The number of aromatic nitrogens is 2. The van der Waals surface area contributed by atoms with Gasteiger partial charge in [-0.25, -0.2) is 4.98 Å². The van der Waals surface area contributed by atoms with Crippen LogP contribution in [0.2, 0.25) is 0 Å². The first kappa shape index (κ1) is 18.2. The molecule has 2 heterocycles. The number of aromatic amines is 1. The third-order valence-electron chi connectivity index (χ3n) is 4.29. The molecule has 140 valence electrons. The minimum Gasteiger partial charge on any atom is -0.444 e. The van der Waals surface area contributed by atoms with E-state index in [0.29, 0.717) is 27.9 Å². The molecule has 7 heteroatoms. The summed E-state index contributed by atoms with van der Waals surface area (Å²) in [7, 11) is 0. The van der Waals surface area contributed by atoms with Crippen molar-refractivity contribution in [1.82, 2.24) is 14.9 Å². The van der Waals surface area contributed by atoms with Gasteiger partial charge in [-0.2, -0.15) is 0 Å². The molecule has 0 saturated carbocycles. The van der Waals surface area contributed by atoms with Crippen molar-refractivity contribution in [2.75, 3.05) is 0 Å². The molecule has 0 aliphatic rings. The maximum absolute atomic E-state index is 13.0. The summed E-state index contributed by atoms with van der Waals surface area (Å²) in [6, 6.07) is 20.0. The monoisotopic (exact) mass is 437 g/mol. The van der Waals surface area contributed by atoms with Gasteiger partial charge in [0, 0.05) is 6.54 Å². The average molecular weight is 438 g/mol. The lowest BCUT2D eigenvalue weighted by atomic mass is 10.2. The van der Waals surface area contributed by atoms with E-state index in [1.165, 1.54) is 0 Å². The fourth-order valence-corrected chi connectivity index (χ4v) is 3.29. The third-order valence-corrected chi connectivity index (χ3v) is 4.72. The smallest absolute Gasteiger partial charge is 0.290 e. The molecule has 28 heavy (non-hydrogen) atoms. The number of benzene rings is 2. The fraction of sp³-hybridized carbons (Fsp3) is 0.0952. The van der Waals surface area contributed by atoms with Crippen molar-refractivity contribution < 1.29 is 9.21 Å². The predicted octanol–water partition coefficient (Wildman–Crippen LogP) is 4.12. The number of halogens is 1. The highest BCUT2D eigenvalue weighted by atomic mass is 79.9. The number of carbonyl (C=O) groups is 1. The number of para-hydroxylation sites is 1. The van der Waals surface area contributed by atoms with Gasteiger partial charge in [-0.05, 0) is 45.8 Å². The van der Waals surface area contributed by atoms with Gasteiger partial charge in [0.15, 0.2) is 10.4 Å². The highest BCUT2D eigenvalue weighted by Gasteiger charge is 2.21. The summed E-state index contributed by atoms with van der Waals surface area (Å²) in [5, 5.41) is 0.516. The van der Waals surface area contributed by atoms with Crippen LogP contribution in [0.4, 0.5) is 0 Å². The summed E-state index contributed by atoms with van der Waals surface area (Å²) in [6.07, 6.45) is 0. The zero-order chi connectivity index (χ0) is 19.5. The first-order valence-electron chi connectivity index (χ1n) is 8.66. The summed E-state index contributed by atoms with van der Waals surface area (Å²) >= 11 is 3.22. The van der Waals surface area contributed by atoms with E-state index in [-0.39, 0.29) is 23.8 Å². The third kappa shape index (κ3) is 3.89. The van der Waals surface area contributed by atoms with Crippen molar-refractivity contribution in [1.29, 1.82) is 0 Å². The molecule has 0 aliphatic heterocycles. The van der Waals surface area contributed by atoms with Gasteiger partial charge in [0.05, 0.1) is 17.4 Å². The van der Waals surface area contributed by atoms with Crippen LogP contribution >= 0.6 is 15.9 Å². The van der Waals surface area contributed by atoms with Gasteiger partial charge < -0.3 is 14.3 Å². The fourth-order valence-electron chi connectivity index (χ4n) is 2.98. The van der Waals surface area contributed by atoms with E-state index in [1.807, 2.05) is 36.4 Å². The number of amides is 1. The van der Waals surface area contributed by atoms with Gasteiger partial charge in [-0.1, -0.05) is 42.5 Å². The standard InChI is InChI=1S/C21H16BrN3O3/c22-18-11-10-17(28-18)21(27)25(12-14-6-2-1-3-7-14)13-19-23-16-9-5-4-8-15(16)20(26)24-19/h1-11H,12-13H2,(H,23,24,26). The second-order valence-electron chi connectivity index (χ2n) is 6.28. The Bertz CT molecular complexity index is 1180. The Kier molecular flexibility index (Phi) is 5.08. The summed E-state index contributed by atoms with van der Waals surface area (Å²) < 4.78 is 5.91. The Morgan fingerprint density at radius 2 is 1.75 bits per heavy atom. The van der Waals surface area contributed by atoms with Crippen molar-refractivity contribution in [2.45, 2.75) is 13.1 Å². The molecule has 0 spiro atoms. The van der Waals surface area contributed by atoms with Crippen LogP contribution in [0.15, 0.2) is 80.6 Å². The van der Waals surface area contributed by atoms with Crippen LogP contribution in [0, 0.1) is 0 Å². The van der Waals surface area contributed by atoms with Crippen LogP contribution < -0.4 is 5.56 Å². The molecule has 6 nitrogen and oxygen atoms in total. The number of hydrogen-bond donors (Lipinski definition) is 1. The molecule has 0 bridgehead atoms. The van der Waals surface area contributed by atoms with E-state index in [9.17, 15) is 9.59 Å². The molecular weight excluding hydrogens is 422 g/mol. The van der Waals surface area contributed by atoms with Gasteiger partial charge in [0.1, 0.15) is 5.82 Å². The first-order chi connectivity index (χ1) is 13.6. The second-order valence-corrected chi connectivity index (χ2v) is 7.06. The number of nitrogens with one attached hydrogen (secondary N) is 1. The van der Waals surface area contributed by atoms with Crippen LogP contribution in [0.5, 0.6) is 0 Å². The zero-order valence-electron chi connectivity index (χ0n) is 14.8. The van der Waals surface area contributed by atoms with Gasteiger partial charge >= 0.3 is 0 Å². The van der Waals surface area contributed by atoms with Crippen molar-refractivity contribution >= 4 is 32.7 Å². The number of nitrogens with zero attached hydrogens (tertiary/aromatic N) is 2. The maximum atomic E-state index is 13.0. The summed E-state index contributed by atoms with van der Waals surface area (Å²) in [6.45, 7) is 0.501. The Morgan fingerprint density at radius 3 is 2.50 bits per heavy atom. The molecule has 0 unspecified atom stereocenters. The number of carbonyl (C=O) groups excluding carboxylic acids is 1. The maximum Gasteiger partial charge on any atom is 0.290 e. The minimum absolute atomic E-state index is 0.145. The Hall–Kier alpha value is -3.19. The Balaban J connectivity index is 1.69. The molecule has 0 fully saturated rings. The second kappa shape index (κ2) is 7.82. The van der Waals surface area contributed by atoms with E-state index >= 15 is 0 Å². The van der Waals surface area contributed by atoms with Gasteiger partial charge in [0.2, 0.25) is 0 Å². The Labute approximate surface area is 169 Å². The Morgan fingerprint density at radius 1 is 1.00 bits per heavy atom. The summed E-state index contributed by atoms with van der Waals surface area (Å²) in [5.74, 6) is 0.343. The molecular formula is C21H16BrN3O3. The van der Waals surface area contributed by atoms with Crippen molar-refractivity contribution in [3.05, 3.63) is 98.9 Å². The van der Waals surface area contributed by atoms with E-state index in [0.717, 1.165) is 5.56 Å². The summed E-state index contributed by atoms with van der Waals surface area (Å²) in [4.78, 5) is 34.2. The van der Waals surface area contributed by atoms with Crippen molar-refractivity contribution in [3.8, 4) is 0 Å². The van der Waals surface area contributed by atoms with E-state index in [2.05, 4.69) is 25.9 Å². The largest absolute Gasteiger partial charge is 0.444 e. The van der Waals surface area contributed by atoms with Crippen LogP contribution in [0.3, 0.4) is 0 Å². The van der Waals surface area contributed by atoms with E-state index in [1.54, 1.807) is 35.2 Å². The summed E-state index contributed by atoms with van der Waals surface area (Å²) in [5.41, 5.74) is 1.33. The van der Waals surface area contributed by atoms with Gasteiger partial charge in [0.25, 0.3) is 11.5 Å². The lowest BCUT2D eigenvalue weighted by Gasteiger charge is -2.21. The zero-order valence-corrected chi connectivity index (χ0v) is 16.3. The molecule has 0 aliphatic carbocycles. The minimum atomic E-state index is -0.287. The molecule has 4 aromatic rings. The lowest BCUT2D eigenvalue weighted by molar-refractivity contribution is 0.0691. The number of fused-ring (bicyclic) bond motifs is 1. The average Bonchev–Trinajstić information content (AvgIpc) is 3.14. The van der Waals surface area contributed by atoms with Crippen molar-refractivity contribution in [3.63, 3.8) is 0 Å². The van der Waals surface area contributed by atoms with Crippen LogP contribution in [-0.2, 0) is 13.1 Å². The predicted molar refractivity (Wildman–Crippen MR) is 109 cm³/mol. The highest BCUT2D eigenvalue weighted by Crippen LogP contribution is 2.18. The van der Waals surface area contributed by atoms with Crippen LogP contribution in [0.25, 0.3) is 10.9 Å². The number of furan rings is 1. The lowest BCUT2D eigenvalue weighted by Crippen LogP contribution is -2.31. The van der Waals surface area contributed by atoms with Crippen LogP contribution in [0.1, 0.15) is 21.9 Å². The number of hydrogen-bond acceptors (Lipinski definition) is 4. The molecule has 2 aromatic carbocycles. The number of rotatable bonds is 5. The van der Waals surface area contributed by atoms with Crippen molar-refractivity contribution in [2.24, 2.45) is 0 Å². The van der Waals surface area contributed by atoms with E-state index < -0.39 is 0 Å². The molecule has 0 atom stereocenters. The quantitative estimate of drug-likeness (QED) is 0.509. The van der Waals surface area contributed by atoms with Crippen LogP contribution in [-0.4, -0.2) is 20.8 Å². The molecule has 0 radical (unpaired) electrons. The molecule has 0 saturated heterocycles. The molecule has 4 rings (SSSR count). The normalized spacial score (nSPS) is 10.9. The first-order valence-corrected chi connectivity index (χ1v) is 9.46. The molecule has 1 N–H and O–H groups in total. The molecule has 1 amide bonds. The SMILES string of the molecule is O=C(c1ccc(Br)o1)N(Cc1ccccc1)Cc1nc2ccccc2c(=O)[nH]1. The van der Waals surface area contributed by atoms with E-state index in [4.69, 9.17) is 4.42 Å². The topological polar surface area (TPSA) is 79.2 Å². The highest BCUT2D eigenvalue weighted by molar-refractivity contribution is 9.10. The van der Waals surface area contributed by atoms with Gasteiger partial charge in [-0.3, -0.25) is 9.59 Å². The molecule has 2 aromatic heterocycles. The van der Waals surface area contributed by atoms with Gasteiger partial charge in [-0.15, -0.1) is 0 Å². The number of H-pyrrole nitrogens is 1.